The third-order valence-electron chi connectivity index (χ3n) is 2.52. The van der Waals surface area contributed by atoms with Crippen LogP contribution in [0.4, 0.5) is 0 Å². The van der Waals surface area contributed by atoms with E-state index < -0.39 is 0 Å². The first kappa shape index (κ1) is 16.0. The maximum absolute atomic E-state index is 12.0. The highest BCUT2D eigenvalue weighted by Crippen LogP contribution is 2.18. The van der Waals surface area contributed by atoms with Gasteiger partial charge in [0.05, 0.1) is 25.8 Å². The Bertz CT molecular complexity index is 504. The topological polar surface area (TPSA) is 73.6 Å². The second-order valence-corrected chi connectivity index (χ2v) is 3.87. The first-order valence-electron chi connectivity index (χ1n) is 6.45. The van der Waals surface area contributed by atoms with Crippen molar-refractivity contribution < 1.29 is 14.3 Å². The van der Waals surface area contributed by atoms with E-state index in [9.17, 15) is 4.79 Å². The molecular formula is C15H20N2O3. The molecule has 0 aliphatic carbocycles. The number of carbonyl (C=O) groups excluding carboxylic acids is 1. The molecule has 5 heteroatoms. The van der Waals surface area contributed by atoms with Gasteiger partial charge in [-0.15, -0.1) is 0 Å². The van der Waals surface area contributed by atoms with Gasteiger partial charge in [-0.25, -0.2) is 0 Å². The zero-order valence-corrected chi connectivity index (χ0v) is 11.9. The second-order valence-electron chi connectivity index (χ2n) is 3.87. The Balaban J connectivity index is 2.77. The summed E-state index contributed by atoms with van der Waals surface area (Å²) in [6, 6.07) is 5.11. The molecule has 0 radical (unpaired) electrons. The van der Waals surface area contributed by atoms with E-state index in [4.69, 9.17) is 15.2 Å². The molecule has 1 aromatic carbocycles. The average Bonchev–Trinajstić information content (AvgIpc) is 2.49. The van der Waals surface area contributed by atoms with Crippen LogP contribution in [0.3, 0.4) is 0 Å². The molecule has 0 fully saturated rings. The van der Waals surface area contributed by atoms with E-state index in [-0.39, 0.29) is 12.5 Å². The number of methoxy groups -OCH3 is 1. The number of benzene rings is 1. The Morgan fingerprint density at radius 1 is 1.45 bits per heavy atom. The molecule has 108 valence electrons. The molecule has 0 aliphatic heterocycles. The Hall–Kier alpha value is -2.03. The highest BCUT2D eigenvalue weighted by molar-refractivity contribution is 5.94. The van der Waals surface area contributed by atoms with Gasteiger partial charge in [-0.1, -0.05) is 11.8 Å². The summed E-state index contributed by atoms with van der Waals surface area (Å²) in [5.41, 5.74) is 6.53. The molecule has 1 aromatic rings. The molecule has 0 atom stereocenters. The molecule has 1 amide bonds. The van der Waals surface area contributed by atoms with Gasteiger partial charge in [0.1, 0.15) is 5.75 Å². The van der Waals surface area contributed by atoms with Crippen LogP contribution in [0.15, 0.2) is 18.2 Å². The fourth-order valence-corrected chi connectivity index (χ4v) is 1.58. The summed E-state index contributed by atoms with van der Waals surface area (Å²) < 4.78 is 10.4. The smallest absolute Gasteiger partial charge is 0.251 e. The predicted octanol–water partition coefficient (Wildman–Crippen LogP) is 0.772. The summed E-state index contributed by atoms with van der Waals surface area (Å²) in [7, 11) is 1.56. The molecular weight excluding hydrogens is 256 g/mol. The number of carbonyl (C=O) groups is 1. The lowest BCUT2D eigenvalue weighted by Crippen LogP contribution is -2.27. The van der Waals surface area contributed by atoms with Gasteiger partial charge in [0.2, 0.25) is 0 Å². The van der Waals surface area contributed by atoms with E-state index in [2.05, 4.69) is 17.2 Å². The summed E-state index contributed by atoms with van der Waals surface area (Å²) in [6.45, 7) is 3.78. The highest BCUT2D eigenvalue weighted by atomic mass is 16.5. The first-order chi connectivity index (χ1) is 9.72. The molecule has 0 saturated heterocycles. The van der Waals surface area contributed by atoms with Crippen molar-refractivity contribution >= 4 is 5.91 Å². The number of nitrogens with two attached hydrogens (primary N) is 1. The van der Waals surface area contributed by atoms with E-state index in [1.165, 1.54) is 0 Å². The van der Waals surface area contributed by atoms with Gasteiger partial charge in [-0.05, 0) is 25.1 Å². The molecule has 0 spiro atoms. The summed E-state index contributed by atoms with van der Waals surface area (Å²) in [4.78, 5) is 12.0. The normalized spacial score (nSPS) is 9.55. The lowest BCUT2D eigenvalue weighted by atomic mass is 10.1. The second kappa shape index (κ2) is 8.97. The van der Waals surface area contributed by atoms with E-state index in [0.717, 1.165) is 0 Å². The minimum absolute atomic E-state index is 0.164. The number of ether oxygens (including phenoxy) is 2. The molecule has 0 bridgehead atoms. The van der Waals surface area contributed by atoms with Gasteiger partial charge < -0.3 is 20.5 Å². The summed E-state index contributed by atoms with van der Waals surface area (Å²) in [5, 5.41) is 2.78. The van der Waals surface area contributed by atoms with Crippen LogP contribution in [0.5, 0.6) is 5.75 Å². The highest BCUT2D eigenvalue weighted by Gasteiger charge is 2.08. The predicted molar refractivity (Wildman–Crippen MR) is 77.8 cm³/mol. The standard InChI is InChI=1S/C15H20N2O3/c1-3-20-10-9-17-15(18)13-6-7-14(19-2)12(11-13)5-4-8-16/h6-7,11H,3,8-10,16H2,1-2H3,(H,17,18). The van der Waals surface area contributed by atoms with Crippen molar-refractivity contribution in [3.8, 4) is 17.6 Å². The Kier molecular flexibility index (Phi) is 7.18. The minimum Gasteiger partial charge on any atom is -0.495 e. The molecule has 3 N–H and O–H groups in total. The maximum Gasteiger partial charge on any atom is 0.251 e. The molecule has 20 heavy (non-hydrogen) atoms. The number of hydrogen-bond donors (Lipinski definition) is 2. The van der Waals surface area contributed by atoms with Crippen LogP contribution in [-0.2, 0) is 4.74 Å². The zero-order chi connectivity index (χ0) is 14.8. The van der Waals surface area contributed by atoms with Gasteiger partial charge in [-0.2, -0.15) is 0 Å². The number of nitrogens with one attached hydrogen (secondary N) is 1. The number of amides is 1. The molecule has 0 aromatic heterocycles. The van der Waals surface area contributed by atoms with E-state index >= 15 is 0 Å². The fourth-order valence-electron chi connectivity index (χ4n) is 1.58. The average molecular weight is 276 g/mol. The minimum atomic E-state index is -0.164. The van der Waals surface area contributed by atoms with Crippen LogP contribution in [0.25, 0.3) is 0 Å². The van der Waals surface area contributed by atoms with Gasteiger partial charge in [0.15, 0.2) is 0 Å². The molecule has 0 saturated carbocycles. The van der Waals surface area contributed by atoms with Crippen LogP contribution in [0.2, 0.25) is 0 Å². The lowest BCUT2D eigenvalue weighted by molar-refractivity contribution is 0.0922. The van der Waals surface area contributed by atoms with Crippen molar-refractivity contribution in [2.75, 3.05) is 33.4 Å². The largest absolute Gasteiger partial charge is 0.495 e. The summed E-state index contributed by atoms with van der Waals surface area (Å²) in [6.07, 6.45) is 0. The van der Waals surface area contributed by atoms with Crippen molar-refractivity contribution in [2.45, 2.75) is 6.92 Å². The Labute approximate surface area is 119 Å². The van der Waals surface area contributed by atoms with Crippen LogP contribution in [0, 0.1) is 11.8 Å². The van der Waals surface area contributed by atoms with Crippen molar-refractivity contribution in [1.82, 2.24) is 5.32 Å². The third-order valence-corrected chi connectivity index (χ3v) is 2.52. The van der Waals surface area contributed by atoms with Gasteiger partial charge in [0, 0.05) is 18.7 Å². The molecule has 5 nitrogen and oxygen atoms in total. The van der Waals surface area contributed by atoms with Gasteiger partial charge in [-0.3, -0.25) is 4.79 Å². The van der Waals surface area contributed by atoms with Crippen molar-refractivity contribution in [2.24, 2.45) is 5.73 Å². The van der Waals surface area contributed by atoms with E-state index in [1.54, 1.807) is 25.3 Å². The van der Waals surface area contributed by atoms with Crippen LogP contribution in [-0.4, -0.2) is 39.3 Å². The Morgan fingerprint density at radius 3 is 2.90 bits per heavy atom. The fraction of sp³-hybridized carbons (Fsp3) is 0.400. The van der Waals surface area contributed by atoms with E-state index in [1.807, 2.05) is 6.92 Å². The third kappa shape index (κ3) is 4.92. The molecule has 1 rings (SSSR count). The Morgan fingerprint density at radius 2 is 2.25 bits per heavy atom. The SMILES string of the molecule is CCOCCNC(=O)c1ccc(OC)c(C#CCN)c1. The number of rotatable bonds is 6. The van der Waals surface area contributed by atoms with Crippen LogP contribution >= 0.6 is 0 Å². The van der Waals surface area contributed by atoms with Crippen LogP contribution in [0.1, 0.15) is 22.8 Å². The number of hydrogen-bond acceptors (Lipinski definition) is 4. The van der Waals surface area contributed by atoms with Crippen LogP contribution < -0.4 is 15.8 Å². The van der Waals surface area contributed by atoms with Crippen molar-refractivity contribution in [1.29, 1.82) is 0 Å². The van der Waals surface area contributed by atoms with Crippen molar-refractivity contribution in [3.63, 3.8) is 0 Å². The summed E-state index contributed by atoms with van der Waals surface area (Å²) >= 11 is 0. The first-order valence-corrected chi connectivity index (χ1v) is 6.45. The molecule has 0 heterocycles. The summed E-state index contributed by atoms with van der Waals surface area (Å²) in [5.74, 6) is 6.10. The lowest BCUT2D eigenvalue weighted by Gasteiger charge is -2.08. The molecule has 0 aliphatic rings. The maximum atomic E-state index is 12.0. The van der Waals surface area contributed by atoms with Crippen molar-refractivity contribution in [3.05, 3.63) is 29.3 Å². The van der Waals surface area contributed by atoms with Gasteiger partial charge >= 0.3 is 0 Å². The van der Waals surface area contributed by atoms with E-state index in [0.29, 0.717) is 36.6 Å². The zero-order valence-electron chi connectivity index (χ0n) is 11.9. The monoisotopic (exact) mass is 276 g/mol. The molecule has 0 unspecified atom stereocenters. The quantitative estimate of drug-likeness (QED) is 0.594. The van der Waals surface area contributed by atoms with Gasteiger partial charge in [0.25, 0.3) is 5.91 Å².